The second-order valence-electron chi connectivity index (χ2n) is 4.59. The van der Waals surface area contributed by atoms with Gasteiger partial charge in [0.25, 0.3) is 0 Å². The number of nitrogens with zero attached hydrogens (tertiary/aromatic N) is 1. The zero-order valence-corrected chi connectivity index (χ0v) is 12.5. The van der Waals surface area contributed by atoms with Crippen molar-refractivity contribution in [2.24, 2.45) is 0 Å². The van der Waals surface area contributed by atoms with Crippen molar-refractivity contribution in [3.8, 4) is 10.6 Å². The van der Waals surface area contributed by atoms with Crippen LogP contribution in [0.5, 0.6) is 0 Å². The van der Waals surface area contributed by atoms with Crippen LogP contribution in [0.3, 0.4) is 0 Å². The number of carbonyl (C=O) groups excluding carboxylic acids is 1. The normalized spacial score (nSPS) is 10.6. The Bertz CT molecular complexity index is 608. The lowest BCUT2D eigenvalue weighted by Gasteiger charge is -2.02. The molecule has 0 unspecified atom stereocenters. The molecule has 0 aliphatic rings. The van der Waals surface area contributed by atoms with Gasteiger partial charge in [-0.3, -0.25) is 4.79 Å². The molecule has 1 N–H and O–H groups in total. The molecule has 112 valence electrons. The Morgan fingerprint density at radius 3 is 2.71 bits per heavy atom. The van der Waals surface area contributed by atoms with E-state index in [-0.39, 0.29) is 11.5 Å². The molecule has 2 rings (SSSR count). The average Bonchev–Trinajstić information content (AvgIpc) is 2.87. The third-order valence-corrected chi connectivity index (χ3v) is 3.82. The van der Waals surface area contributed by atoms with Gasteiger partial charge in [-0.2, -0.15) is 0 Å². The van der Waals surface area contributed by atoms with E-state index in [2.05, 4.69) is 10.3 Å². The van der Waals surface area contributed by atoms with Crippen LogP contribution in [-0.2, 0) is 11.2 Å². The summed E-state index contributed by atoms with van der Waals surface area (Å²) in [4.78, 5) is 15.6. The summed E-state index contributed by atoms with van der Waals surface area (Å²) in [6.45, 7) is 2.41. The predicted octanol–water partition coefficient (Wildman–Crippen LogP) is 3.55. The number of rotatable bonds is 6. The van der Waals surface area contributed by atoms with Gasteiger partial charge >= 0.3 is 0 Å². The number of aromatic nitrogens is 1. The first-order valence-corrected chi connectivity index (χ1v) is 7.65. The third kappa shape index (κ3) is 4.07. The van der Waals surface area contributed by atoms with Gasteiger partial charge in [-0.25, -0.2) is 13.8 Å². The Labute approximate surface area is 126 Å². The van der Waals surface area contributed by atoms with Crippen molar-refractivity contribution in [2.75, 3.05) is 6.54 Å². The largest absolute Gasteiger partial charge is 0.356 e. The van der Waals surface area contributed by atoms with Gasteiger partial charge in [-0.15, -0.1) is 11.3 Å². The topological polar surface area (TPSA) is 42.0 Å². The fourth-order valence-corrected chi connectivity index (χ4v) is 2.79. The maximum Gasteiger partial charge on any atom is 0.219 e. The molecule has 0 atom stereocenters. The van der Waals surface area contributed by atoms with E-state index in [4.69, 9.17) is 0 Å². The van der Waals surface area contributed by atoms with Gasteiger partial charge in [0.2, 0.25) is 5.91 Å². The lowest BCUT2D eigenvalue weighted by molar-refractivity contribution is -0.121. The quantitative estimate of drug-likeness (QED) is 0.886. The van der Waals surface area contributed by atoms with E-state index in [0.29, 0.717) is 24.4 Å². The molecule has 0 aliphatic heterocycles. The maximum absolute atomic E-state index is 13.7. The highest BCUT2D eigenvalue weighted by Crippen LogP contribution is 2.28. The van der Waals surface area contributed by atoms with Crippen LogP contribution in [0.1, 0.15) is 25.5 Å². The molecule has 0 fully saturated rings. The average molecular weight is 310 g/mol. The SMILES string of the molecule is CCCC(=O)NCCc1csc(-c2c(F)cccc2F)n1. The number of amides is 1. The molecule has 0 saturated carbocycles. The minimum Gasteiger partial charge on any atom is -0.356 e. The minimum absolute atomic E-state index is 0.00750. The number of thiazole rings is 1. The van der Waals surface area contributed by atoms with Gasteiger partial charge < -0.3 is 5.32 Å². The third-order valence-electron chi connectivity index (χ3n) is 2.91. The first-order valence-electron chi connectivity index (χ1n) is 6.77. The summed E-state index contributed by atoms with van der Waals surface area (Å²) in [5, 5.41) is 4.86. The van der Waals surface area contributed by atoms with Crippen molar-refractivity contribution in [3.63, 3.8) is 0 Å². The van der Waals surface area contributed by atoms with Gasteiger partial charge in [-0.05, 0) is 18.6 Å². The number of benzene rings is 1. The zero-order chi connectivity index (χ0) is 15.2. The van der Waals surface area contributed by atoms with E-state index < -0.39 is 11.6 Å². The summed E-state index contributed by atoms with van der Waals surface area (Å²) < 4.78 is 27.3. The lowest BCUT2D eigenvalue weighted by Crippen LogP contribution is -2.25. The van der Waals surface area contributed by atoms with E-state index in [1.807, 2.05) is 6.92 Å². The summed E-state index contributed by atoms with van der Waals surface area (Å²) in [5.41, 5.74) is 0.623. The molecule has 21 heavy (non-hydrogen) atoms. The van der Waals surface area contributed by atoms with Gasteiger partial charge in [0.1, 0.15) is 16.6 Å². The molecule has 0 bridgehead atoms. The number of hydrogen-bond donors (Lipinski definition) is 1. The van der Waals surface area contributed by atoms with Crippen LogP contribution in [0.4, 0.5) is 8.78 Å². The molecule has 3 nitrogen and oxygen atoms in total. The Morgan fingerprint density at radius 1 is 1.33 bits per heavy atom. The Balaban J connectivity index is 2.00. The highest BCUT2D eigenvalue weighted by Gasteiger charge is 2.14. The van der Waals surface area contributed by atoms with Crippen molar-refractivity contribution in [3.05, 3.63) is 40.9 Å². The molecular weight excluding hydrogens is 294 g/mol. The fourth-order valence-electron chi connectivity index (χ4n) is 1.88. The molecule has 1 amide bonds. The summed E-state index contributed by atoms with van der Waals surface area (Å²) in [7, 11) is 0. The Morgan fingerprint density at radius 2 is 2.05 bits per heavy atom. The number of halogens is 2. The van der Waals surface area contributed by atoms with Crippen LogP contribution in [0.2, 0.25) is 0 Å². The molecule has 0 radical (unpaired) electrons. The molecule has 1 heterocycles. The second kappa shape index (κ2) is 7.26. The first-order chi connectivity index (χ1) is 10.1. The lowest BCUT2D eigenvalue weighted by atomic mass is 10.2. The van der Waals surface area contributed by atoms with Crippen LogP contribution in [0, 0.1) is 11.6 Å². The van der Waals surface area contributed by atoms with Crippen LogP contribution in [0.25, 0.3) is 10.6 Å². The second-order valence-corrected chi connectivity index (χ2v) is 5.45. The van der Waals surface area contributed by atoms with Crippen LogP contribution >= 0.6 is 11.3 Å². The summed E-state index contributed by atoms with van der Waals surface area (Å²) in [5.74, 6) is -1.23. The van der Waals surface area contributed by atoms with Crippen molar-refractivity contribution in [1.29, 1.82) is 0 Å². The van der Waals surface area contributed by atoms with Gasteiger partial charge in [0.05, 0.1) is 11.3 Å². The van der Waals surface area contributed by atoms with E-state index in [9.17, 15) is 13.6 Å². The van der Waals surface area contributed by atoms with Gasteiger partial charge in [-0.1, -0.05) is 13.0 Å². The first kappa shape index (κ1) is 15.6. The van der Waals surface area contributed by atoms with Crippen molar-refractivity contribution < 1.29 is 13.6 Å². The highest BCUT2D eigenvalue weighted by molar-refractivity contribution is 7.13. The summed E-state index contributed by atoms with van der Waals surface area (Å²) >= 11 is 1.20. The molecule has 0 aliphatic carbocycles. The molecule has 1 aromatic carbocycles. The van der Waals surface area contributed by atoms with Gasteiger partial charge in [0, 0.05) is 24.8 Å². The fraction of sp³-hybridized carbons (Fsp3) is 0.333. The van der Waals surface area contributed by atoms with Crippen molar-refractivity contribution >= 4 is 17.2 Å². The highest BCUT2D eigenvalue weighted by atomic mass is 32.1. The Kier molecular flexibility index (Phi) is 5.38. The van der Waals surface area contributed by atoms with E-state index >= 15 is 0 Å². The predicted molar refractivity (Wildman–Crippen MR) is 79.1 cm³/mol. The number of carbonyl (C=O) groups is 1. The number of nitrogens with one attached hydrogen (secondary N) is 1. The molecule has 1 aromatic heterocycles. The standard InChI is InChI=1S/C15H16F2N2OS/c1-2-4-13(20)18-8-7-10-9-21-15(19-10)14-11(16)5-3-6-12(14)17/h3,5-6,9H,2,4,7-8H2,1H3,(H,18,20). The summed E-state index contributed by atoms with van der Waals surface area (Å²) in [6.07, 6.45) is 1.85. The van der Waals surface area contributed by atoms with Crippen LogP contribution in [-0.4, -0.2) is 17.4 Å². The smallest absolute Gasteiger partial charge is 0.219 e. The van der Waals surface area contributed by atoms with E-state index in [1.165, 1.54) is 29.5 Å². The van der Waals surface area contributed by atoms with E-state index in [1.54, 1.807) is 5.38 Å². The summed E-state index contributed by atoms with van der Waals surface area (Å²) in [6, 6.07) is 3.75. The number of hydrogen-bond acceptors (Lipinski definition) is 3. The zero-order valence-electron chi connectivity index (χ0n) is 11.7. The monoisotopic (exact) mass is 310 g/mol. The molecule has 2 aromatic rings. The molecule has 0 saturated heterocycles. The maximum atomic E-state index is 13.7. The van der Waals surface area contributed by atoms with Crippen molar-refractivity contribution in [1.82, 2.24) is 10.3 Å². The molecule has 0 spiro atoms. The van der Waals surface area contributed by atoms with Crippen molar-refractivity contribution in [2.45, 2.75) is 26.2 Å². The molecule has 6 heteroatoms. The van der Waals surface area contributed by atoms with E-state index in [0.717, 1.165) is 12.1 Å². The minimum atomic E-state index is -0.618. The van der Waals surface area contributed by atoms with Crippen LogP contribution in [0.15, 0.2) is 23.6 Å². The molecular formula is C15H16F2N2OS. The Hall–Kier alpha value is -1.82. The van der Waals surface area contributed by atoms with Crippen LogP contribution < -0.4 is 5.32 Å². The van der Waals surface area contributed by atoms with Gasteiger partial charge in [0.15, 0.2) is 0 Å².